The van der Waals surface area contributed by atoms with Crippen molar-refractivity contribution in [1.82, 2.24) is 20.0 Å². The van der Waals surface area contributed by atoms with Gasteiger partial charge >= 0.3 is 12.2 Å². The number of rotatable bonds is 4. The number of nitrogens with one attached hydrogen (secondary N) is 1. The number of benzene rings is 2. The second-order valence-corrected chi connectivity index (χ2v) is 22.0. The van der Waals surface area contributed by atoms with Crippen molar-refractivity contribution < 1.29 is 33.3 Å². The number of fused-ring (bicyclic) bond motifs is 2. The molecular weight excluding hydrogens is 930 g/mol. The summed E-state index contributed by atoms with van der Waals surface area (Å²) in [5.74, 6) is 0.0480. The molecule has 2 atom stereocenters. The van der Waals surface area contributed by atoms with E-state index in [4.69, 9.17) is 24.7 Å². The van der Waals surface area contributed by atoms with E-state index in [0.29, 0.717) is 51.8 Å². The molecule has 3 amide bonds. The van der Waals surface area contributed by atoms with E-state index in [2.05, 4.69) is 76.1 Å². The van der Waals surface area contributed by atoms with Crippen molar-refractivity contribution in [3.63, 3.8) is 0 Å². The number of amides is 3. The highest BCUT2D eigenvalue weighted by Crippen LogP contribution is 2.33. The normalized spacial score (nSPS) is 19.7. The van der Waals surface area contributed by atoms with Crippen molar-refractivity contribution in [3.8, 4) is 0 Å². The zero-order valence-corrected chi connectivity index (χ0v) is 42.5. The van der Waals surface area contributed by atoms with Crippen LogP contribution in [0, 0.1) is 0 Å². The molecule has 0 aromatic heterocycles. The summed E-state index contributed by atoms with van der Waals surface area (Å²) < 4.78 is 24.7. The summed E-state index contributed by atoms with van der Waals surface area (Å²) in [6.07, 6.45) is 1.85. The SMILES string of the molecule is CC(C)(C)OC(=O)N1CCc2cc(Br)ccc2C(CC(=O)N2CC(OC(C)(C)C)C2)C1.CC(C)(C)OC(=O)N1CCc2cc(Br)ccc2C(N)C1.CC(C)(C)OC1CNC1.Cl. The standard InChI is InChI=1S/C24H35BrN2O4.C15H21BrN2O2.C7H15NO.ClH/c1-23(2,3)30-19-14-27(15-19)21(28)12-17-13-26(22(29)31-24(4,5)6)10-9-16-11-18(25)7-8-20(16)17;1-15(2,3)20-14(19)18-7-6-10-8-11(16)4-5-12(10)13(17)9-18;1-7(2,3)9-6-4-8-5-6;/h7-8,11,17,19H,9-10,12-15H2,1-6H3;4-5,8,13H,6-7,9,17H2,1-3H3;6,8H,4-5H2,1-3H3;1H. The minimum Gasteiger partial charge on any atom is -0.444 e. The number of nitrogens with two attached hydrogens (primary N) is 1. The lowest BCUT2D eigenvalue weighted by atomic mass is 9.90. The van der Waals surface area contributed by atoms with Crippen LogP contribution in [0.4, 0.5) is 9.59 Å². The Morgan fingerprint density at radius 3 is 1.51 bits per heavy atom. The molecule has 4 aliphatic heterocycles. The summed E-state index contributed by atoms with van der Waals surface area (Å²) in [6, 6.07) is 12.1. The first-order valence-corrected chi connectivity index (χ1v) is 22.9. The monoisotopic (exact) mass is 999 g/mol. The highest BCUT2D eigenvalue weighted by molar-refractivity contribution is 9.10. The van der Waals surface area contributed by atoms with Gasteiger partial charge < -0.3 is 44.7 Å². The van der Waals surface area contributed by atoms with Gasteiger partial charge in [0.05, 0.1) is 23.4 Å². The van der Waals surface area contributed by atoms with E-state index >= 15 is 0 Å². The number of nitrogens with zero attached hydrogens (tertiary/aromatic N) is 3. The van der Waals surface area contributed by atoms with Crippen LogP contribution >= 0.6 is 44.3 Å². The summed E-state index contributed by atoms with van der Waals surface area (Å²) in [4.78, 5) is 43.3. The largest absolute Gasteiger partial charge is 0.444 e. The van der Waals surface area contributed by atoms with Gasteiger partial charge in [0.15, 0.2) is 0 Å². The van der Waals surface area contributed by atoms with Gasteiger partial charge in [0.2, 0.25) is 5.91 Å². The second-order valence-electron chi connectivity index (χ2n) is 20.2. The smallest absolute Gasteiger partial charge is 0.410 e. The molecule has 0 bridgehead atoms. The first kappa shape index (κ1) is 52.9. The van der Waals surface area contributed by atoms with Crippen molar-refractivity contribution in [3.05, 3.63) is 67.6 Å². The Bertz CT molecular complexity index is 1780. The van der Waals surface area contributed by atoms with E-state index in [-0.39, 0.29) is 59.8 Å². The quantitative estimate of drug-likeness (QED) is 0.308. The zero-order valence-electron chi connectivity index (χ0n) is 38.5. The molecule has 4 heterocycles. The number of ether oxygens (including phenoxy) is 4. The Labute approximate surface area is 388 Å². The first-order valence-electron chi connectivity index (χ1n) is 21.3. The maximum absolute atomic E-state index is 13.0. The molecule has 2 aromatic rings. The number of hydrogen-bond donors (Lipinski definition) is 2. The van der Waals surface area contributed by atoms with Crippen LogP contribution < -0.4 is 11.1 Å². The summed E-state index contributed by atoms with van der Waals surface area (Å²) in [7, 11) is 0. The van der Waals surface area contributed by atoms with Crippen LogP contribution in [-0.2, 0) is 36.6 Å². The third-order valence-electron chi connectivity index (χ3n) is 9.92. The number of hydrogen-bond acceptors (Lipinski definition) is 9. The fourth-order valence-corrected chi connectivity index (χ4v) is 8.11. The molecule has 12 nitrogen and oxygen atoms in total. The lowest BCUT2D eigenvalue weighted by Gasteiger charge is -2.42. The first-order chi connectivity index (χ1) is 27.6. The predicted molar refractivity (Wildman–Crippen MR) is 252 cm³/mol. The highest BCUT2D eigenvalue weighted by atomic mass is 79.9. The van der Waals surface area contributed by atoms with Gasteiger partial charge in [-0.25, -0.2) is 9.59 Å². The average Bonchev–Trinajstić information content (AvgIpc) is 3.33. The molecule has 61 heavy (non-hydrogen) atoms. The Kier molecular flexibility index (Phi) is 19.0. The molecule has 2 fully saturated rings. The summed E-state index contributed by atoms with van der Waals surface area (Å²) in [5.41, 5.74) is 9.64. The van der Waals surface area contributed by atoms with E-state index in [9.17, 15) is 14.4 Å². The fraction of sp³-hybridized carbons (Fsp3) is 0.674. The molecule has 0 radical (unpaired) electrons. The van der Waals surface area contributed by atoms with Gasteiger partial charge in [0.1, 0.15) is 11.2 Å². The van der Waals surface area contributed by atoms with Gasteiger partial charge in [0.25, 0.3) is 0 Å². The van der Waals surface area contributed by atoms with Crippen molar-refractivity contribution in [2.45, 2.75) is 149 Å². The van der Waals surface area contributed by atoms with Gasteiger partial charge in [-0.3, -0.25) is 4.79 Å². The Balaban J connectivity index is 0.000000281. The molecule has 0 spiro atoms. The molecule has 4 aliphatic rings. The fourth-order valence-electron chi connectivity index (χ4n) is 7.30. The van der Waals surface area contributed by atoms with Crippen LogP contribution in [-0.4, -0.2) is 120 Å². The third-order valence-corrected chi connectivity index (χ3v) is 10.9. The van der Waals surface area contributed by atoms with Crippen LogP contribution in [0.15, 0.2) is 45.3 Å². The van der Waals surface area contributed by atoms with Crippen LogP contribution in [0.5, 0.6) is 0 Å². The molecule has 344 valence electrons. The van der Waals surface area contributed by atoms with E-state index in [1.54, 1.807) is 9.80 Å². The van der Waals surface area contributed by atoms with E-state index in [1.807, 2.05) is 85.4 Å². The number of carbonyl (C=O) groups is 3. The molecule has 6 rings (SSSR count). The van der Waals surface area contributed by atoms with E-state index < -0.39 is 11.2 Å². The predicted octanol–water partition coefficient (Wildman–Crippen LogP) is 9.18. The molecule has 2 unspecified atom stereocenters. The van der Waals surface area contributed by atoms with E-state index in [1.165, 1.54) is 11.1 Å². The lowest BCUT2D eigenvalue weighted by Crippen LogP contribution is -2.56. The molecule has 0 aliphatic carbocycles. The Morgan fingerprint density at radius 2 is 1.08 bits per heavy atom. The highest BCUT2D eigenvalue weighted by Gasteiger charge is 2.37. The molecular formula is C46H72Br2ClN5O7. The summed E-state index contributed by atoms with van der Waals surface area (Å²) in [6.45, 7) is 29.1. The van der Waals surface area contributed by atoms with Crippen LogP contribution in [0.3, 0.4) is 0 Å². The molecule has 0 saturated carbocycles. The average molecular weight is 1000 g/mol. The molecule has 15 heteroatoms. The Morgan fingerprint density at radius 1 is 0.639 bits per heavy atom. The molecule has 2 saturated heterocycles. The molecule has 3 N–H and O–H groups in total. The summed E-state index contributed by atoms with van der Waals surface area (Å²) >= 11 is 7.02. The van der Waals surface area contributed by atoms with E-state index in [0.717, 1.165) is 46.0 Å². The van der Waals surface area contributed by atoms with Gasteiger partial charge in [-0.1, -0.05) is 44.0 Å². The van der Waals surface area contributed by atoms with Crippen molar-refractivity contribution in [1.29, 1.82) is 0 Å². The summed E-state index contributed by atoms with van der Waals surface area (Å²) in [5, 5.41) is 3.16. The number of halogens is 3. The van der Waals surface area contributed by atoms with Gasteiger partial charge in [-0.2, -0.15) is 0 Å². The van der Waals surface area contributed by atoms with Crippen molar-refractivity contribution >= 4 is 62.4 Å². The van der Waals surface area contributed by atoms with Gasteiger partial charge in [-0.15, -0.1) is 12.4 Å². The minimum atomic E-state index is -0.551. The lowest BCUT2D eigenvalue weighted by molar-refractivity contribution is -0.157. The Hall–Kier alpha value is -2.46. The minimum absolute atomic E-state index is 0. The molecule has 2 aromatic carbocycles. The van der Waals surface area contributed by atoms with Crippen LogP contribution in [0.25, 0.3) is 0 Å². The van der Waals surface area contributed by atoms with Crippen molar-refractivity contribution in [2.24, 2.45) is 5.73 Å². The number of likely N-dealkylation sites (tertiary alicyclic amines) is 1. The maximum atomic E-state index is 13.0. The third kappa shape index (κ3) is 17.9. The topological polar surface area (TPSA) is 136 Å². The van der Waals surface area contributed by atoms with Crippen LogP contribution in [0.1, 0.15) is 124 Å². The maximum Gasteiger partial charge on any atom is 0.410 e. The van der Waals surface area contributed by atoms with Crippen LogP contribution in [0.2, 0.25) is 0 Å². The second kappa shape index (κ2) is 22.0. The van der Waals surface area contributed by atoms with Crippen molar-refractivity contribution in [2.75, 3.05) is 52.4 Å². The number of carbonyl (C=O) groups excluding carboxylic acids is 3. The zero-order chi connectivity index (χ0) is 44.8. The van der Waals surface area contributed by atoms with Gasteiger partial charge in [-0.05, 0) is 142 Å². The van der Waals surface area contributed by atoms with Gasteiger partial charge in [0, 0.05) is 79.7 Å².